The minimum absolute atomic E-state index is 0. The third-order valence-corrected chi connectivity index (χ3v) is 4.52. The smallest absolute Gasteiger partial charge is 0 e. The van der Waals surface area contributed by atoms with Crippen molar-refractivity contribution in [1.29, 1.82) is 0 Å². The first-order chi connectivity index (χ1) is 10.9. The standard InChI is InChI=1S/C22H14.K/c1-2-6-16-10-20-14-22-12-18-8-4-3-7-17(18)11-21(22)13-19(20)9-15(16)5-1;/h1-14H;. The van der Waals surface area contributed by atoms with Gasteiger partial charge in [0.1, 0.15) is 0 Å². The number of hydrogen-bond acceptors (Lipinski definition) is 0. The molecule has 0 bridgehead atoms. The Labute approximate surface area is 177 Å². The van der Waals surface area contributed by atoms with E-state index in [9.17, 15) is 0 Å². The summed E-state index contributed by atoms with van der Waals surface area (Å²) in [7, 11) is 0. The molecule has 0 aliphatic carbocycles. The van der Waals surface area contributed by atoms with Crippen molar-refractivity contribution in [2.45, 2.75) is 0 Å². The second kappa shape index (κ2) is 6.01. The largest absolute Gasteiger partial charge is 0.0616 e. The molecule has 0 nitrogen and oxygen atoms in total. The molecule has 0 amide bonds. The zero-order valence-corrected chi connectivity index (χ0v) is 16.2. The van der Waals surface area contributed by atoms with Crippen molar-refractivity contribution in [1.82, 2.24) is 0 Å². The maximum Gasteiger partial charge on any atom is 0 e. The van der Waals surface area contributed by atoms with Crippen LogP contribution in [0.3, 0.4) is 0 Å². The molecule has 0 unspecified atom stereocenters. The molecule has 1 radical (unpaired) electrons. The predicted octanol–water partition coefficient (Wildman–Crippen LogP) is 5.92. The van der Waals surface area contributed by atoms with E-state index in [2.05, 4.69) is 84.9 Å². The summed E-state index contributed by atoms with van der Waals surface area (Å²) in [5, 5.41) is 10.4. The molecule has 0 saturated carbocycles. The van der Waals surface area contributed by atoms with Crippen molar-refractivity contribution >= 4 is 94.5 Å². The molecule has 5 rings (SSSR count). The van der Waals surface area contributed by atoms with Gasteiger partial charge in [0.25, 0.3) is 0 Å². The third kappa shape index (κ3) is 2.63. The van der Waals surface area contributed by atoms with Crippen molar-refractivity contribution in [2.24, 2.45) is 0 Å². The third-order valence-electron chi connectivity index (χ3n) is 4.52. The zero-order chi connectivity index (χ0) is 14.5. The monoisotopic (exact) mass is 317 g/mol. The molecule has 0 heterocycles. The van der Waals surface area contributed by atoms with Crippen LogP contribution in [-0.2, 0) is 0 Å². The van der Waals surface area contributed by atoms with E-state index in [1.807, 2.05) is 0 Å². The van der Waals surface area contributed by atoms with E-state index < -0.39 is 0 Å². The Balaban J connectivity index is 0.00000135. The van der Waals surface area contributed by atoms with Gasteiger partial charge in [0.15, 0.2) is 0 Å². The Morgan fingerprint density at radius 2 is 0.522 bits per heavy atom. The van der Waals surface area contributed by atoms with Crippen LogP contribution in [0.2, 0.25) is 0 Å². The minimum atomic E-state index is 0. The summed E-state index contributed by atoms with van der Waals surface area (Å²) in [5.74, 6) is 0. The number of hydrogen-bond donors (Lipinski definition) is 0. The van der Waals surface area contributed by atoms with Crippen LogP contribution in [0.5, 0.6) is 0 Å². The Kier molecular flexibility index (Phi) is 4.00. The van der Waals surface area contributed by atoms with Gasteiger partial charge in [0.05, 0.1) is 0 Å². The van der Waals surface area contributed by atoms with E-state index in [1.54, 1.807) is 0 Å². The van der Waals surface area contributed by atoms with Crippen LogP contribution in [0, 0.1) is 0 Å². The van der Waals surface area contributed by atoms with Gasteiger partial charge in [-0.3, -0.25) is 0 Å². The first kappa shape index (κ1) is 15.3. The molecule has 5 aromatic rings. The van der Waals surface area contributed by atoms with Gasteiger partial charge in [-0.15, -0.1) is 0 Å². The summed E-state index contributed by atoms with van der Waals surface area (Å²) < 4.78 is 0. The molecule has 0 aliphatic heterocycles. The Bertz CT molecular complexity index is 988. The fraction of sp³-hybridized carbons (Fsp3) is 0. The topological polar surface area (TPSA) is 0 Å². The maximum absolute atomic E-state index is 2.31. The second-order valence-electron chi connectivity index (χ2n) is 5.95. The van der Waals surface area contributed by atoms with Gasteiger partial charge in [-0.05, 0) is 79.5 Å². The van der Waals surface area contributed by atoms with Gasteiger partial charge >= 0.3 is 0 Å². The van der Waals surface area contributed by atoms with Crippen LogP contribution in [0.25, 0.3) is 43.1 Å². The van der Waals surface area contributed by atoms with Crippen LogP contribution in [0.4, 0.5) is 0 Å². The van der Waals surface area contributed by atoms with E-state index in [0.29, 0.717) is 0 Å². The number of fused-ring (bicyclic) bond motifs is 4. The fourth-order valence-corrected chi connectivity index (χ4v) is 3.39. The van der Waals surface area contributed by atoms with E-state index >= 15 is 0 Å². The SMILES string of the molecule is [K].c1ccc2cc3cc4cc5ccccc5cc4cc3cc2c1. The molecule has 0 atom stereocenters. The first-order valence-electron chi connectivity index (χ1n) is 7.62. The molecular formula is C22H14K. The zero-order valence-electron chi connectivity index (χ0n) is 13.1. The van der Waals surface area contributed by atoms with Gasteiger partial charge in [-0.1, -0.05) is 48.5 Å². The number of rotatable bonds is 0. The van der Waals surface area contributed by atoms with Gasteiger partial charge < -0.3 is 0 Å². The van der Waals surface area contributed by atoms with Crippen molar-refractivity contribution in [2.75, 3.05) is 0 Å². The normalized spacial score (nSPS) is 11.1. The molecule has 5 aromatic carbocycles. The van der Waals surface area contributed by atoms with Gasteiger partial charge in [-0.2, -0.15) is 0 Å². The van der Waals surface area contributed by atoms with Crippen LogP contribution >= 0.6 is 0 Å². The van der Waals surface area contributed by atoms with Crippen LogP contribution in [-0.4, -0.2) is 51.4 Å². The first-order valence-corrected chi connectivity index (χ1v) is 7.62. The summed E-state index contributed by atoms with van der Waals surface area (Å²) in [6.07, 6.45) is 0. The Morgan fingerprint density at radius 1 is 0.304 bits per heavy atom. The molecule has 0 spiro atoms. The molecule has 0 aromatic heterocycles. The van der Waals surface area contributed by atoms with Crippen LogP contribution < -0.4 is 0 Å². The summed E-state index contributed by atoms with van der Waals surface area (Å²) in [4.78, 5) is 0. The predicted molar refractivity (Wildman–Crippen MR) is 102 cm³/mol. The second-order valence-corrected chi connectivity index (χ2v) is 5.95. The minimum Gasteiger partial charge on any atom is -0.0616 e. The summed E-state index contributed by atoms with van der Waals surface area (Å²) in [6.45, 7) is 0. The summed E-state index contributed by atoms with van der Waals surface area (Å²) in [6, 6.07) is 30.9. The van der Waals surface area contributed by atoms with Crippen molar-refractivity contribution in [3.63, 3.8) is 0 Å². The van der Waals surface area contributed by atoms with Crippen molar-refractivity contribution < 1.29 is 0 Å². The van der Waals surface area contributed by atoms with Gasteiger partial charge in [0, 0.05) is 51.4 Å². The molecule has 0 fully saturated rings. The van der Waals surface area contributed by atoms with Gasteiger partial charge in [0.2, 0.25) is 0 Å². The van der Waals surface area contributed by atoms with Crippen LogP contribution in [0.15, 0.2) is 84.9 Å². The van der Waals surface area contributed by atoms with Crippen LogP contribution in [0.1, 0.15) is 0 Å². The Hall–Kier alpha value is -1.22. The molecule has 0 aliphatic rings. The molecular weight excluding hydrogens is 303 g/mol. The quantitative estimate of drug-likeness (QED) is 0.246. The summed E-state index contributed by atoms with van der Waals surface area (Å²) >= 11 is 0. The summed E-state index contributed by atoms with van der Waals surface area (Å²) in [5.41, 5.74) is 0. The number of benzene rings is 5. The maximum atomic E-state index is 2.31. The van der Waals surface area contributed by atoms with E-state index in [4.69, 9.17) is 0 Å². The average Bonchev–Trinajstić information content (AvgIpc) is 2.56. The molecule has 23 heavy (non-hydrogen) atoms. The van der Waals surface area contributed by atoms with E-state index in [1.165, 1.54) is 43.1 Å². The van der Waals surface area contributed by atoms with E-state index in [-0.39, 0.29) is 51.4 Å². The van der Waals surface area contributed by atoms with Crippen molar-refractivity contribution in [3.05, 3.63) is 84.9 Å². The molecule has 1 heteroatoms. The van der Waals surface area contributed by atoms with Gasteiger partial charge in [-0.25, -0.2) is 0 Å². The molecule has 0 saturated heterocycles. The average molecular weight is 317 g/mol. The van der Waals surface area contributed by atoms with E-state index in [0.717, 1.165) is 0 Å². The molecule has 103 valence electrons. The fourth-order valence-electron chi connectivity index (χ4n) is 3.39. The molecule has 0 N–H and O–H groups in total. The van der Waals surface area contributed by atoms with Crippen molar-refractivity contribution in [3.8, 4) is 0 Å². The Morgan fingerprint density at radius 3 is 0.783 bits per heavy atom.